The van der Waals surface area contributed by atoms with Crippen molar-refractivity contribution in [1.82, 2.24) is 4.98 Å². The zero-order valence-electron chi connectivity index (χ0n) is 9.29. The summed E-state index contributed by atoms with van der Waals surface area (Å²) in [6, 6.07) is 3.46. The van der Waals surface area contributed by atoms with Gasteiger partial charge in [0.15, 0.2) is 5.67 Å². The Bertz CT molecular complexity index is 400. The number of pyridine rings is 1. The van der Waals surface area contributed by atoms with E-state index >= 15 is 0 Å². The summed E-state index contributed by atoms with van der Waals surface area (Å²) in [4.78, 5) is 15.8. The summed E-state index contributed by atoms with van der Waals surface area (Å²) in [5.74, 6) is -0.527. The molecule has 0 aromatic carbocycles. The number of aromatic nitrogens is 1. The maximum absolute atomic E-state index is 14.1. The van der Waals surface area contributed by atoms with E-state index in [0.29, 0.717) is 24.2 Å². The number of hydrogen-bond acceptors (Lipinski definition) is 2. The number of carbonyl (C=O) groups is 1. The van der Waals surface area contributed by atoms with Crippen LogP contribution in [0.25, 0.3) is 0 Å². The molecule has 1 aliphatic rings. The van der Waals surface area contributed by atoms with E-state index in [0.717, 1.165) is 12.8 Å². The predicted octanol–water partition coefficient (Wildman–Crippen LogP) is 2.61. The molecule has 86 valence electrons. The van der Waals surface area contributed by atoms with Gasteiger partial charge in [-0.15, -0.1) is 0 Å². The van der Waals surface area contributed by atoms with Gasteiger partial charge in [-0.1, -0.05) is 0 Å². The fourth-order valence-electron chi connectivity index (χ4n) is 2.01. The van der Waals surface area contributed by atoms with Crippen LogP contribution in [0.2, 0.25) is 0 Å². The molecule has 1 N–H and O–H groups in total. The van der Waals surface area contributed by atoms with Crippen LogP contribution in [-0.4, -0.2) is 16.6 Å². The van der Waals surface area contributed by atoms with Crippen molar-refractivity contribution in [1.29, 1.82) is 0 Å². The molecule has 0 radical (unpaired) electrons. The van der Waals surface area contributed by atoms with E-state index in [4.69, 9.17) is 0 Å². The third-order valence-corrected chi connectivity index (χ3v) is 3.06. The molecule has 0 spiro atoms. The molecule has 0 atom stereocenters. The normalized spacial score (nSPS) is 18.4. The zero-order valence-corrected chi connectivity index (χ0v) is 9.29. The lowest BCUT2D eigenvalue weighted by molar-refractivity contribution is -0.127. The van der Waals surface area contributed by atoms with Gasteiger partial charge in [0, 0.05) is 6.20 Å². The number of hydrogen-bond donors (Lipinski definition) is 1. The molecule has 1 aromatic rings. The number of nitrogens with zero attached hydrogens (tertiary/aromatic N) is 1. The third-order valence-electron chi connectivity index (χ3n) is 3.06. The van der Waals surface area contributed by atoms with Crippen LogP contribution in [-0.2, 0) is 4.79 Å². The van der Waals surface area contributed by atoms with Crippen molar-refractivity contribution in [2.24, 2.45) is 0 Å². The summed E-state index contributed by atoms with van der Waals surface area (Å²) in [5, 5.41) is 2.62. The molecule has 0 aliphatic heterocycles. The monoisotopic (exact) mass is 222 g/mol. The van der Waals surface area contributed by atoms with Gasteiger partial charge in [-0.05, 0) is 44.7 Å². The maximum Gasteiger partial charge on any atom is 0.262 e. The predicted molar refractivity (Wildman–Crippen MR) is 59.9 cm³/mol. The average molecular weight is 222 g/mol. The molecule has 3 nitrogen and oxygen atoms in total. The van der Waals surface area contributed by atoms with Crippen molar-refractivity contribution in [2.45, 2.75) is 38.3 Å². The van der Waals surface area contributed by atoms with Crippen LogP contribution in [0.15, 0.2) is 18.3 Å². The Labute approximate surface area is 94.1 Å². The average Bonchev–Trinajstić information content (AvgIpc) is 2.70. The first kappa shape index (κ1) is 11.0. The molecule has 1 heterocycles. The van der Waals surface area contributed by atoms with Gasteiger partial charge in [-0.3, -0.25) is 9.78 Å². The second-order valence-corrected chi connectivity index (χ2v) is 4.26. The largest absolute Gasteiger partial charge is 0.322 e. The number of carbonyl (C=O) groups excluding carboxylic acids is 1. The molecule has 0 unspecified atom stereocenters. The Morgan fingerprint density at radius 3 is 2.81 bits per heavy atom. The maximum atomic E-state index is 14.1. The number of alkyl halides is 1. The van der Waals surface area contributed by atoms with Gasteiger partial charge in [0.05, 0.1) is 11.4 Å². The number of nitrogens with one attached hydrogen (secondary N) is 1. The van der Waals surface area contributed by atoms with E-state index in [1.54, 1.807) is 25.3 Å². The van der Waals surface area contributed by atoms with Crippen molar-refractivity contribution in [3.8, 4) is 0 Å². The summed E-state index contributed by atoms with van der Waals surface area (Å²) in [5.41, 5.74) is -0.378. The summed E-state index contributed by atoms with van der Waals surface area (Å²) in [6.45, 7) is 1.79. The topological polar surface area (TPSA) is 42.0 Å². The quantitative estimate of drug-likeness (QED) is 0.835. The Hall–Kier alpha value is -1.45. The minimum absolute atomic E-state index is 0.331. The molecule has 4 heteroatoms. The van der Waals surface area contributed by atoms with Gasteiger partial charge < -0.3 is 5.32 Å². The first-order valence-electron chi connectivity index (χ1n) is 5.54. The SMILES string of the molecule is Cc1ncccc1NC(=O)C1(F)CCCC1. The van der Waals surface area contributed by atoms with Crippen LogP contribution in [0, 0.1) is 6.92 Å². The number of rotatable bonds is 2. The Morgan fingerprint density at radius 2 is 2.19 bits per heavy atom. The lowest BCUT2D eigenvalue weighted by Crippen LogP contribution is -2.36. The van der Waals surface area contributed by atoms with Crippen LogP contribution in [0.1, 0.15) is 31.4 Å². The summed E-state index contributed by atoms with van der Waals surface area (Å²) in [6.07, 6.45) is 3.88. The summed E-state index contributed by atoms with van der Waals surface area (Å²) in [7, 11) is 0. The van der Waals surface area contributed by atoms with E-state index in [9.17, 15) is 9.18 Å². The number of amides is 1. The number of aryl methyl sites for hydroxylation is 1. The van der Waals surface area contributed by atoms with Gasteiger partial charge in [-0.25, -0.2) is 4.39 Å². The van der Waals surface area contributed by atoms with Gasteiger partial charge >= 0.3 is 0 Å². The molecule has 1 fully saturated rings. The van der Waals surface area contributed by atoms with Crippen molar-refractivity contribution < 1.29 is 9.18 Å². The van der Waals surface area contributed by atoms with E-state index < -0.39 is 11.6 Å². The Kier molecular flexibility index (Phi) is 2.90. The molecule has 16 heavy (non-hydrogen) atoms. The molecular weight excluding hydrogens is 207 g/mol. The zero-order chi connectivity index (χ0) is 11.6. The van der Waals surface area contributed by atoms with Crippen LogP contribution < -0.4 is 5.32 Å². The highest BCUT2D eigenvalue weighted by molar-refractivity contribution is 5.97. The Morgan fingerprint density at radius 1 is 1.50 bits per heavy atom. The van der Waals surface area contributed by atoms with Crippen molar-refractivity contribution in [3.63, 3.8) is 0 Å². The highest BCUT2D eigenvalue weighted by Crippen LogP contribution is 2.34. The molecule has 1 aliphatic carbocycles. The van der Waals surface area contributed by atoms with Gasteiger partial charge in [0.1, 0.15) is 0 Å². The minimum Gasteiger partial charge on any atom is -0.322 e. The van der Waals surface area contributed by atoms with Crippen molar-refractivity contribution >= 4 is 11.6 Å². The second kappa shape index (κ2) is 4.20. The van der Waals surface area contributed by atoms with Gasteiger partial charge in [0.2, 0.25) is 0 Å². The molecule has 1 amide bonds. The highest BCUT2D eigenvalue weighted by Gasteiger charge is 2.41. The molecular formula is C12H15FN2O. The fraction of sp³-hybridized carbons (Fsp3) is 0.500. The van der Waals surface area contributed by atoms with Gasteiger partial charge in [-0.2, -0.15) is 0 Å². The number of anilines is 1. The van der Waals surface area contributed by atoms with E-state index in [1.165, 1.54) is 0 Å². The molecule has 1 aromatic heterocycles. The molecule has 1 saturated carbocycles. The van der Waals surface area contributed by atoms with Crippen LogP contribution in [0.4, 0.5) is 10.1 Å². The third kappa shape index (κ3) is 2.05. The first-order valence-corrected chi connectivity index (χ1v) is 5.54. The molecule has 0 saturated heterocycles. The standard InChI is InChI=1S/C12H15FN2O/c1-9-10(5-4-8-14-9)15-11(16)12(13)6-2-3-7-12/h4-5,8H,2-3,6-7H2,1H3,(H,15,16). The molecule has 0 bridgehead atoms. The van der Waals surface area contributed by atoms with Gasteiger partial charge in [0.25, 0.3) is 5.91 Å². The van der Waals surface area contributed by atoms with Crippen LogP contribution >= 0.6 is 0 Å². The lowest BCUT2D eigenvalue weighted by atomic mass is 10.0. The van der Waals surface area contributed by atoms with Crippen molar-refractivity contribution in [2.75, 3.05) is 5.32 Å². The second-order valence-electron chi connectivity index (χ2n) is 4.26. The van der Waals surface area contributed by atoms with E-state index in [1.807, 2.05) is 0 Å². The Balaban J connectivity index is 2.10. The minimum atomic E-state index is -1.68. The van der Waals surface area contributed by atoms with Crippen molar-refractivity contribution in [3.05, 3.63) is 24.0 Å². The summed E-state index contributed by atoms with van der Waals surface area (Å²) >= 11 is 0. The smallest absolute Gasteiger partial charge is 0.262 e. The fourth-order valence-corrected chi connectivity index (χ4v) is 2.01. The van der Waals surface area contributed by atoms with Crippen LogP contribution in [0.5, 0.6) is 0 Å². The van der Waals surface area contributed by atoms with Crippen LogP contribution in [0.3, 0.4) is 0 Å². The van der Waals surface area contributed by atoms with E-state index in [2.05, 4.69) is 10.3 Å². The molecule has 2 rings (SSSR count). The first-order chi connectivity index (χ1) is 7.62. The lowest BCUT2D eigenvalue weighted by Gasteiger charge is -2.18. The highest BCUT2D eigenvalue weighted by atomic mass is 19.1. The number of halogens is 1. The van der Waals surface area contributed by atoms with E-state index in [-0.39, 0.29) is 0 Å². The summed E-state index contributed by atoms with van der Waals surface area (Å²) < 4.78 is 14.1.